The summed E-state index contributed by atoms with van der Waals surface area (Å²) in [5.41, 5.74) is 2.24. The minimum absolute atomic E-state index is 0. The summed E-state index contributed by atoms with van der Waals surface area (Å²) < 4.78 is 0. The summed E-state index contributed by atoms with van der Waals surface area (Å²) in [7, 11) is 0. The molecule has 0 fully saturated rings. The van der Waals surface area contributed by atoms with Crippen molar-refractivity contribution < 1.29 is 21.1 Å². The van der Waals surface area contributed by atoms with Crippen molar-refractivity contribution in [2.75, 3.05) is 0 Å². The summed E-state index contributed by atoms with van der Waals surface area (Å²) >= 11 is 1.72. The van der Waals surface area contributed by atoms with Crippen LogP contribution in [0.5, 0.6) is 0 Å². The molecule has 0 aliphatic heterocycles. The summed E-state index contributed by atoms with van der Waals surface area (Å²) in [4.78, 5) is 4.64. The van der Waals surface area contributed by atoms with Crippen LogP contribution >= 0.6 is 11.3 Å². The van der Waals surface area contributed by atoms with Crippen molar-refractivity contribution in [1.82, 2.24) is 4.98 Å². The van der Waals surface area contributed by atoms with Gasteiger partial charge in [0.15, 0.2) is 0 Å². The smallest absolute Gasteiger partial charge is 0.0866 e. The van der Waals surface area contributed by atoms with E-state index in [4.69, 9.17) is 0 Å². The fraction of sp³-hybridized carbons (Fsp3) is 0.308. The molecule has 1 heterocycles. The van der Waals surface area contributed by atoms with E-state index in [0.717, 1.165) is 11.3 Å². The Labute approximate surface area is 115 Å². The van der Waals surface area contributed by atoms with E-state index in [1.807, 2.05) is 24.3 Å². The molecule has 1 aromatic heterocycles. The van der Waals surface area contributed by atoms with Crippen molar-refractivity contribution in [3.05, 3.63) is 40.7 Å². The van der Waals surface area contributed by atoms with Gasteiger partial charge >= 0.3 is 0 Å². The van der Waals surface area contributed by atoms with Gasteiger partial charge < -0.3 is 0 Å². The monoisotopic (exact) mass is 411 g/mol. The number of hydrogen-bond donors (Lipinski definition) is 0. The molecule has 0 saturated heterocycles. The Hall–Kier alpha value is -0.462. The third-order valence-electron chi connectivity index (χ3n) is 2.13. The quantitative estimate of drug-likeness (QED) is 0.649. The zero-order valence-corrected chi connectivity index (χ0v) is 12.6. The van der Waals surface area contributed by atoms with Gasteiger partial charge in [-0.1, -0.05) is 20.8 Å². The minimum Gasteiger partial charge on any atom is -0.289 e. The van der Waals surface area contributed by atoms with E-state index in [9.17, 15) is 0 Å². The van der Waals surface area contributed by atoms with E-state index < -0.39 is 0 Å². The molecule has 0 unspecified atom stereocenters. The van der Waals surface area contributed by atoms with Crippen molar-refractivity contribution in [3.63, 3.8) is 0 Å². The fourth-order valence-corrected chi connectivity index (χ4v) is 2.20. The predicted molar refractivity (Wildman–Crippen MR) is 65.1 cm³/mol. The molecule has 1 aromatic carbocycles. The Morgan fingerprint density at radius 2 is 2.00 bits per heavy atom. The van der Waals surface area contributed by atoms with E-state index in [1.165, 1.54) is 5.01 Å². The van der Waals surface area contributed by atoms with Crippen LogP contribution in [0, 0.1) is 6.07 Å². The molecule has 3 heteroatoms. The van der Waals surface area contributed by atoms with Crippen LogP contribution in [0.1, 0.15) is 25.8 Å². The Morgan fingerprint density at radius 1 is 1.25 bits per heavy atom. The van der Waals surface area contributed by atoms with Gasteiger partial charge in [0, 0.05) is 26.5 Å². The van der Waals surface area contributed by atoms with Crippen molar-refractivity contribution in [1.29, 1.82) is 0 Å². The number of thiazole rings is 1. The van der Waals surface area contributed by atoms with Gasteiger partial charge in [-0.15, -0.1) is 47.2 Å². The minimum atomic E-state index is 0. The van der Waals surface area contributed by atoms with Gasteiger partial charge in [0.2, 0.25) is 0 Å². The summed E-state index contributed by atoms with van der Waals surface area (Å²) in [6, 6.07) is 11.1. The summed E-state index contributed by atoms with van der Waals surface area (Å²) in [5, 5.41) is 3.28. The molecule has 0 aliphatic rings. The summed E-state index contributed by atoms with van der Waals surface area (Å²) in [5.74, 6) is 0. The van der Waals surface area contributed by atoms with E-state index in [0.29, 0.717) is 0 Å². The first-order valence-corrected chi connectivity index (χ1v) is 5.88. The van der Waals surface area contributed by atoms with E-state index in [-0.39, 0.29) is 26.5 Å². The molecule has 0 radical (unpaired) electrons. The van der Waals surface area contributed by atoms with Crippen LogP contribution in [0.15, 0.2) is 29.6 Å². The predicted octanol–water partition coefficient (Wildman–Crippen LogP) is 3.91. The summed E-state index contributed by atoms with van der Waals surface area (Å²) in [6.45, 7) is 6.55. The fourth-order valence-electron chi connectivity index (χ4n) is 1.29. The van der Waals surface area contributed by atoms with Gasteiger partial charge in [-0.25, -0.2) is 0 Å². The third-order valence-corrected chi connectivity index (χ3v) is 3.40. The molecule has 0 amide bonds. The van der Waals surface area contributed by atoms with Crippen molar-refractivity contribution >= 4 is 11.3 Å². The van der Waals surface area contributed by atoms with Gasteiger partial charge in [-0.3, -0.25) is 4.98 Å². The zero-order valence-electron chi connectivity index (χ0n) is 9.56. The molecule has 0 spiro atoms. The van der Waals surface area contributed by atoms with Gasteiger partial charge in [0.1, 0.15) is 0 Å². The topological polar surface area (TPSA) is 12.9 Å². The second-order valence-electron chi connectivity index (χ2n) is 4.56. The van der Waals surface area contributed by atoms with E-state index in [2.05, 4.69) is 37.2 Å². The normalized spacial score (nSPS) is 10.9. The van der Waals surface area contributed by atoms with Gasteiger partial charge in [-0.2, -0.15) is 0 Å². The molecule has 0 aliphatic carbocycles. The average Bonchev–Trinajstić information content (AvgIpc) is 2.67. The number of nitrogens with zero attached hydrogens (tertiary/aromatic N) is 1. The van der Waals surface area contributed by atoms with Crippen molar-refractivity contribution in [3.8, 4) is 11.3 Å². The second-order valence-corrected chi connectivity index (χ2v) is 5.42. The first-order valence-electron chi connectivity index (χ1n) is 5.00. The SMILES string of the molecule is CC(C)(C)c1nc(-c2[c-]cccc2)cs1.[Pt]. The standard InChI is InChI=1S/C13H14NS.Pt/c1-13(2,3)12-14-11(9-15-12)10-7-5-4-6-8-10;/h4-7,9H,1-3H3;/q-1;. The van der Waals surface area contributed by atoms with Crippen LogP contribution in [0.4, 0.5) is 0 Å². The van der Waals surface area contributed by atoms with Crippen LogP contribution < -0.4 is 0 Å². The average molecular weight is 411 g/mol. The van der Waals surface area contributed by atoms with Gasteiger partial charge in [0.05, 0.1) is 5.01 Å². The van der Waals surface area contributed by atoms with Crippen molar-refractivity contribution in [2.24, 2.45) is 0 Å². The number of rotatable bonds is 1. The van der Waals surface area contributed by atoms with Gasteiger partial charge in [0.25, 0.3) is 0 Å². The first kappa shape index (κ1) is 13.6. The Morgan fingerprint density at radius 3 is 2.50 bits per heavy atom. The Balaban J connectivity index is 0.00000128. The van der Waals surface area contributed by atoms with Crippen LogP contribution in [0.25, 0.3) is 11.3 Å². The second kappa shape index (κ2) is 5.25. The molecule has 0 atom stereocenters. The molecular weight excluding hydrogens is 397 g/mol. The zero-order chi connectivity index (χ0) is 10.9. The molecule has 0 saturated carbocycles. The van der Waals surface area contributed by atoms with Crippen LogP contribution in [0.2, 0.25) is 0 Å². The molecule has 1 nitrogen and oxygen atoms in total. The molecule has 16 heavy (non-hydrogen) atoms. The number of benzene rings is 1. The molecule has 2 aromatic rings. The Kier molecular flexibility index (Phi) is 4.46. The van der Waals surface area contributed by atoms with Crippen LogP contribution in [-0.2, 0) is 26.5 Å². The largest absolute Gasteiger partial charge is 0.289 e. The van der Waals surface area contributed by atoms with Crippen LogP contribution in [0.3, 0.4) is 0 Å². The number of aromatic nitrogens is 1. The van der Waals surface area contributed by atoms with E-state index in [1.54, 1.807) is 11.3 Å². The molecule has 2 rings (SSSR count). The van der Waals surface area contributed by atoms with E-state index >= 15 is 0 Å². The third kappa shape index (κ3) is 3.02. The molecule has 88 valence electrons. The number of hydrogen-bond acceptors (Lipinski definition) is 2. The van der Waals surface area contributed by atoms with Crippen LogP contribution in [-0.4, -0.2) is 4.98 Å². The maximum absolute atomic E-state index is 4.64. The van der Waals surface area contributed by atoms with Gasteiger partial charge in [-0.05, 0) is 11.1 Å². The molecular formula is C13H14NPtS-. The maximum atomic E-state index is 4.64. The molecule has 0 bridgehead atoms. The summed E-state index contributed by atoms with van der Waals surface area (Å²) in [6.07, 6.45) is 0. The van der Waals surface area contributed by atoms with Crippen molar-refractivity contribution in [2.45, 2.75) is 26.2 Å². The first-order chi connectivity index (χ1) is 7.07. The molecule has 0 N–H and O–H groups in total. The Bertz CT molecular complexity index is 442. The maximum Gasteiger partial charge on any atom is 0.0866 e.